The molecule has 27 heavy (non-hydrogen) atoms. The Balaban J connectivity index is 2.40. The fourth-order valence-electron chi connectivity index (χ4n) is 3.16. The third-order valence-electron chi connectivity index (χ3n) is 4.63. The molecule has 0 radical (unpaired) electrons. The Hall–Kier alpha value is -2.67. The van der Waals surface area contributed by atoms with Crippen LogP contribution < -0.4 is 16.0 Å². The Morgan fingerprint density at radius 1 is 1.26 bits per heavy atom. The lowest BCUT2D eigenvalue weighted by molar-refractivity contribution is -0.120. The van der Waals surface area contributed by atoms with E-state index >= 15 is 0 Å². The molecular weight excluding hydrogens is 362 g/mol. The van der Waals surface area contributed by atoms with Gasteiger partial charge >= 0.3 is 0 Å². The summed E-state index contributed by atoms with van der Waals surface area (Å²) in [5, 5.41) is 2.40. The zero-order chi connectivity index (χ0) is 19.9. The topological polar surface area (TPSA) is 87.2 Å². The van der Waals surface area contributed by atoms with Gasteiger partial charge in [0.2, 0.25) is 5.91 Å². The molecule has 3 aromatic rings. The van der Waals surface area contributed by atoms with E-state index in [-0.39, 0.29) is 11.5 Å². The number of thiophene rings is 1. The van der Waals surface area contributed by atoms with E-state index in [2.05, 4.69) is 0 Å². The summed E-state index contributed by atoms with van der Waals surface area (Å²) < 4.78 is 6.92. The van der Waals surface area contributed by atoms with Crippen LogP contribution in [0.3, 0.4) is 0 Å². The van der Waals surface area contributed by atoms with E-state index in [0.717, 1.165) is 16.7 Å². The van der Waals surface area contributed by atoms with Crippen molar-refractivity contribution >= 4 is 27.5 Å². The molecule has 2 N–H and O–H groups in total. The molecule has 3 rings (SSSR count). The van der Waals surface area contributed by atoms with Gasteiger partial charge in [-0.3, -0.25) is 14.2 Å². The lowest BCUT2D eigenvalue weighted by Gasteiger charge is -2.19. The van der Waals surface area contributed by atoms with Gasteiger partial charge < -0.3 is 10.5 Å². The molecule has 7 heteroatoms. The van der Waals surface area contributed by atoms with Crippen LogP contribution in [0.4, 0.5) is 0 Å². The van der Waals surface area contributed by atoms with Gasteiger partial charge in [-0.1, -0.05) is 25.5 Å². The highest BCUT2D eigenvalue weighted by molar-refractivity contribution is 7.17. The number of amides is 1. The van der Waals surface area contributed by atoms with E-state index in [0.29, 0.717) is 21.8 Å². The Bertz CT molecular complexity index is 1080. The van der Waals surface area contributed by atoms with Gasteiger partial charge in [0.1, 0.15) is 22.4 Å². The number of primary amides is 1. The number of nitrogens with zero attached hydrogens (tertiary/aromatic N) is 2. The molecule has 1 unspecified atom stereocenters. The van der Waals surface area contributed by atoms with Crippen molar-refractivity contribution in [1.29, 1.82) is 0 Å². The van der Waals surface area contributed by atoms with Gasteiger partial charge in [-0.2, -0.15) is 0 Å². The molecule has 142 valence electrons. The van der Waals surface area contributed by atoms with Crippen molar-refractivity contribution in [3.8, 4) is 16.9 Å². The average molecular weight is 385 g/mol. The first-order valence-corrected chi connectivity index (χ1v) is 9.62. The van der Waals surface area contributed by atoms with Gasteiger partial charge in [-0.15, -0.1) is 11.3 Å². The van der Waals surface area contributed by atoms with Crippen LogP contribution in [0.5, 0.6) is 5.75 Å². The van der Waals surface area contributed by atoms with Gasteiger partial charge in [0.05, 0.1) is 12.5 Å². The van der Waals surface area contributed by atoms with E-state index in [1.807, 2.05) is 44.4 Å². The Labute approximate surface area is 161 Å². The number of nitrogens with two attached hydrogens (primary N) is 1. The molecule has 0 saturated heterocycles. The van der Waals surface area contributed by atoms with Gasteiger partial charge in [-0.25, -0.2) is 4.98 Å². The maximum Gasteiger partial charge on any atom is 0.263 e. The number of carbonyl (C=O) groups is 1. The summed E-state index contributed by atoms with van der Waals surface area (Å²) in [5.41, 5.74) is 7.89. The third-order valence-corrected chi connectivity index (χ3v) is 5.50. The van der Waals surface area contributed by atoms with E-state index in [4.69, 9.17) is 15.5 Å². The predicted octanol–water partition coefficient (Wildman–Crippen LogP) is 3.61. The quantitative estimate of drug-likeness (QED) is 0.727. The lowest BCUT2D eigenvalue weighted by atomic mass is 10.0. The summed E-state index contributed by atoms with van der Waals surface area (Å²) in [5.74, 6) is 0.651. The Morgan fingerprint density at radius 3 is 2.56 bits per heavy atom. The molecule has 0 fully saturated rings. The smallest absolute Gasteiger partial charge is 0.263 e. The minimum Gasteiger partial charge on any atom is -0.496 e. The van der Waals surface area contributed by atoms with Gasteiger partial charge in [0.25, 0.3) is 5.56 Å². The number of ether oxygens (including phenoxy) is 1. The predicted molar refractivity (Wildman–Crippen MR) is 109 cm³/mol. The molecule has 1 amide bonds. The van der Waals surface area contributed by atoms with Crippen LogP contribution in [0.2, 0.25) is 0 Å². The van der Waals surface area contributed by atoms with Crippen molar-refractivity contribution in [3.63, 3.8) is 0 Å². The number of fused-ring (bicyclic) bond motifs is 1. The molecule has 0 spiro atoms. The second-order valence-electron chi connectivity index (χ2n) is 6.91. The van der Waals surface area contributed by atoms with Gasteiger partial charge in [-0.05, 0) is 26.0 Å². The molecule has 0 bridgehead atoms. The normalized spacial score (nSPS) is 12.5. The Morgan fingerprint density at radius 2 is 1.96 bits per heavy atom. The summed E-state index contributed by atoms with van der Waals surface area (Å²) in [6, 6.07) is 5.05. The van der Waals surface area contributed by atoms with Gasteiger partial charge in [0.15, 0.2) is 0 Å². The average Bonchev–Trinajstić information content (AvgIpc) is 3.05. The molecule has 2 heterocycles. The largest absolute Gasteiger partial charge is 0.496 e. The molecular formula is C20H23N3O3S. The van der Waals surface area contributed by atoms with Crippen LogP contribution in [0.15, 0.2) is 28.4 Å². The monoisotopic (exact) mass is 385 g/mol. The highest BCUT2D eigenvalue weighted by Crippen LogP contribution is 2.37. The van der Waals surface area contributed by atoms with Crippen molar-refractivity contribution in [2.45, 2.75) is 39.7 Å². The van der Waals surface area contributed by atoms with Crippen LogP contribution in [-0.2, 0) is 4.79 Å². The van der Waals surface area contributed by atoms with Crippen molar-refractivity contribution in [3.05, 3.63) is 45.3 Å². The van der Waals surface area contributed by atoms with E-state index < -0.39 is 11.9 Å². The maximum atomic E-state index is 13.4. The second-order valence-corrected chi connectivity index (χ2v) is 7.77. The minimum atomic E-state index is -0.779. The van der Waals surface area contributed by atoms with Crippen LogP contribution in [0.25, 0.3) is 21.3 Å². The van der Waals surface area contributed by atoms with Crippen LogP contribution >= 0.6 is 11.3 Å². The van der Waals surface area contributed by atoms with E-state index in [1.165, 1.54) is 15.9 Å². The number of carbonyl (C=O) groups excluding carboxylic acids is 1. The summed E-state index contributed by atoms with van der Waals surface area (Å²) in [4.78, 5) is 30.6. The molecule has 0 saturated carbocycles. The first-order valence-electron chi connectivity index (χ1n) is 8.74. The fraction of sp³-hybridized carbons (Fsp3) is 0.350. The zero-order valence-corrected chi connectivity index (χ0v) is 16.9. The lowest BCUT2D eigenvalue weighted by Crippen LogP contribution is -2.35. The SMILES string of the molecule is COc1ccc(C)cc1-c1csc2nc(C(C)C)n(C(C)C(N)=O)c(=O)c12. The van der Waals surface area contributed by atoms with Crippen LogP contribution in [-0.4, -0.2) is 22.6 Å². The Kier molecular flexibility index (Phi) is 5.06. The van der Waals surface area contributed by atoms with Gasteiger partial charge in [0, 0.05) is 22.4 Å². The molecule has 2 aromatic heterocycles. The number of hydrogen-bond acceptors (Lipinski definition) is 5. The number of methoxy groups -OCH3 is 1. The first-order chi connectivity index (χ1) is 12.8. The molecule has 6 nitrogen and oxygen atoms in total. The molecule has 1 atom stereocenters. The number of hydrogen-bond donors (Lipinski definition) is 1. The summed E-state index contributed by atoms with van der Waals surface area (Å²) >= 11 is 1.41. The molecule has 0 aliphatic rings. The summed E-state index contributed by atoms with van der Waals surface area (Å²) in [6.07, 6.45) is 0. The third kappa shape index (κ3) is 3.23. The van der Waals surface area contributed by atoms with E-state index in [9.17, 15) is 9.59 Å². The second kappa shape index (κ2) is 7.15. The first kappa shape index (κ1) is 19.1. The molecule has 0 aliphatic carbocycles. The number of rotatable bonds is 5. The number of aromatic nitrogens is 2. The molecule has 0 aliphatic heterocycles. The van der Waals surface area contributed by atoms with Crippen molar-refractivity contribution < 1.29 is 9.53 Å². The summed E-state index contributed by atoms with van der Waals surface area (Å²) in [7, 11) is 1.60. The highest BCUT2D eigenvalue weighted by atomic mass is 32.1. The zero-order valence-electron chi connectivity index (χ0n) is 16.1. The number of benzene rings is 1. The van der Waals surface area contributed by atoms with Crippen LogP contribution in [0.1, 0.15) is 44.1 Å². The van der Waals surface area contributed by atoms with Crippen molar-refractivity contribution in [2.75, 3.05) is 7.11 Å². The van der Waals surface area contributed by atoms with E-state index in [1.54, 1.807) is 14.0 Å². The molecule has 1 aromatic carbocycles. The maximum absolute atomic E-state index is 13.4. The van der Waals surface area contributed by atoms with Crippen molar-refractivity contribution in [1.82, 2.24) is 9.55 Å². The highest BCUT2D eigenvalue weighted by Gasteiger charge is 2.24. The van der Waals surface area contributed by atoms with Crippen molar-refractivity contribution in [2.24, 2.45) is 5.73 Å². The fourth-order valence-corrected chi connectivity index (χ4v) is 4.09. The standard InChI is InChI=1S/C20H23N3O3S/c1-10(2)18-22-19-16(20(25)23(18)12(4)17(21)24)14(9-27-19)13-8-11(3)6-7-15(13)26-5/h6-10,12H,1-5H3,(H2,21,24). The minimum absolute atomic E-state index is 0.0250. The number of aryl methyl sites for hydroxylation is 1. The summed E-state index contributed by atoms with van der Waals surface area (Å²) in [6.45, 7) is 7.49. The van der Waals surface area contributed by atoms with Crippen LogP contribution in [0, 0.1) is 6.92 Å².